The Labute approximate surface area is 156 Å². The van der Waals surface area contributed by atoms with Gasteiger partial charge in [-0.3, -0.25) is 0 Å². The first-order valence-corrected chi connectivity index (χ1v) is 9.43. The number of H-pyrrole nitrogens is 1. The first-order chi connectivity index (χ1) is 12.2. The van der Waals surface area contributed by atoms with Crippen LogP contribution < -0.4 is 5.46 Å². The molecule has 0 bridgehead atoms. The fraction of sp³-hybridized carbons (Fsp3) is 0.550. The van der Waals surface area contributed by atoms with Gasteiger partial charge in [0.05, 0.1) is 28.9 Å². The summed E-state index contributed by atoms with van der Waals surface area (Å²) in [6, 6.07) is 8.53. The second-order valence-electron chi connectivity index (χ2n) is 8.61. The Balaban J connectivity index is 1.50. The van der Waals surface area contributed by atoms with Gasteiger partial charge in [-0.05, 0) is 38.7 Å². The highest BCUT2D eigenvalue weighted by Crippen LogP contribution is 2.37. The number of imidazole rings is 1. The molecule has 0 spiro atoms. The number of aromatic amines is 1. The van der Waals surface area contributed by atoms with Crippen molar-refractivity contribution in [2.24, 2.45) is 5.92 Å². The third-order valence-electron chi connectivity index (χ3n) is 5.92. The predicted molar refractivity (Wildman–Crippen MR) is 104 cm³/mol. The van der Waals surface area contributed by atoms with Gasteiger partial charge in [-0.15, -0.1) is 6.54 Å². The van der Waals surface area contributed by atoms with Gasteiger partial charge >= 0.3 is 7.12 Å². The van der Waals surface area contributed by atoms with Crippen molar-refractivity contribution >= 4 is 12.6 Å². The number of nitrogens with zero attached hydrogens (tertiary/aromatic N) is 2. The van der Waals surface area contributed by atoms with E-state index in [0.717, 1.165) is 35.5 Å². The SMILES string of the molecule is C[C@@H]1C[N-][C@H](c2ncc(-c3ccc(B4OC(C)(C)C(C)(C)O4)cc3)[nH]2)C1. The van der Waals surface area contributed by atoms with Gasteiger partial charge in [0.25, 0.3) is 0 Å². The van der Waals surface area contributed by atoms with E-state index < -0.39 is 0 Å². The molecule has 1 N–H and O–H groups in total. The van der Waals surface area contributed by atoms with Gasteiger partial charge in [-0.2, -0.15) is 0 Å². The Morgan fingerprint density at radius 3 is 2.35 bits per heavy atom. The first-order valence-electron chi connectivity index (χ1n) is 9.43. The molecule has 3 heterocycles. The lowest BCUT2D eigenvalue weighted by molar-refractivity contribution is 0.00578. The van der Waals surface area contributed by atoms with Gasteiger partial charge in [-0.25, -0.2) is 4.98 Å². The molecule has 0 unspecified atom stereocenters. The average Bonchev–Trinajstić information content (AvgIpc) is 3.26. The number of rotatable bonds is 3. The Morgan fingerprint density at radius 2 is 1.77 bits per heavy atom. The van der Waals surface area contributed by atoms with Crippen LogP contribution >= 0.6 is 0 Å². The lowest BCUT2D eigenvalue weighted by atomic mass is 9.79. The van der Waals surface area contributed by atoms with Crippen LogP contribution in [0.25, 0.3) is 16.6 Å². The summed E-state index contributed by atoms with van der Waals surface area (Å²) in [5.74, 6) is 1.62. The maximum Gasteiger partial charge on any atom is 0.494 e. The number of benzene rings is 1. The number of hydrogen-bond donors (Lipinski definition) is 1. The average molecular weight is 352 g/mol. The number of nitrogens with one attached hydrogen (secondary N) is 1. The first kappa shape index (κ1) is 17.8. The van der Waals surface area contributed by atoms with Gasteiger partial charge in [-0.1, -0.05) is 49.6 Å². The summed E-state index contributed by atoms with van der Waals surface area (Å²) in [4.78, 5) is 7.99. The second-order valence-corrected chi connectivity index (χ2v) is 8.61. The molecule has 0 saturated carbocycles. The quantitative estimate of drug-likeness (QED) is 0.854. The molecule has 5 nitrogen and oxygen atoms in total. The Morgan fingerprint density at radius 1 is 1.12 bits per heavy atom. The maximum absolute atomic E-state index is 6.12. The summed E-state index contributed by atoms with van der Waals surface area (Å²) in [7, 11) is -0.329. The van der Waals surface area contributed by atoms with Crippen molar-refractivity contribution in [3.05, 3.63) is 41.6 Å². The lowest BCUT2D eigenvalue weighted by Gasteiger charge is -2.32. The van der Waals surface area contributed by atoms with Crippen molar-refractivity contribution < 1.29 is 9.31 Å². The Hall–Kier alpha value is -1.63. The van der Waals surface area contributed by atoms with Gasteiger partial charge < -0.3 is 19.6 Å². The fourth-order valence-corrected chi connectivity index (χ4v) is 3.49. The molecule has 1 aromatic carbocycles. The molecule has 2 fully saturated rings. The van der Waals surface area contributed by atoms with Crippen molar-refractivity contribution in [2.75, 3.05) is 6.54 Å². The van der Waals surface area contributed by atoms with Gasteiger partial charge in [0.1, 0.15) is 0 Å². The van der Waals surface area contributed by atoms with Crippen molar-refractivity contribution in [3.8, 4) is 11.3 Å². The van der Waals surface area contributed by atoms with E-state index in [0.29, 0.717) is 5.92 Å². The summed E-state index contributed by atoms with van der Waals surface area (Å²) in [6.07, 6.45) is 2.98. The molecule has 26 heavy (non-hydrogen) atoms. The molecule has 0 amide bonds. The molecule has 2 aliphatic heterocycles. The van der Waals surface area contributed by atoms with Crippen molar-refractivity contribution in [1.82, 2.24) is 9.97 Å². The fourth-order valence-electron chi connectivity index (χ4n) is 3.49. The van der Waals surface area contributed by atoms with Crippen molar-refractivity contribution in [1.29, 1.82) is 0 Å². The van der Waals surface area contributed by atoms with E-state index in [2.05, 4.69) is 74.2 Å². The Kier molecular flexibility index (Phi) is 4.25. The summed E-state index contributed by atoms with van der Waals surface area (Å²) in [5.41, 5.74) is 2.52. The summed E-state index contributed by atoms with van der Waals surface area (Å²) >= 11 is 0. The van der Waals surface area contributed by atoms with Crippen molar-refractivity contribution in [3.63, 3.8) is 0 Å². The number of hydrogen-bond acceptors (Lipinski definition) is 3. The van der Waals surface area contributed by atoms with Crippen LogP contribution in [-0.4, -0.2) is 34.8 Å². The largest absolute Gasteiger partial charge is 0.653 e. The summed E-state index contributed by atoms with van der Waals surface area (Å²) in [6.45, 7) is 11.5. The smallest absolute Gasteiger partial charge is 0.494 e. The normalized spacial score (nSPS) is 27.2. The minimum atomic E-state index is -0.329. The van der Waals surface area contributed by atoms with Crippen LogP contribution in [0.4, 0.5) is 0 Å². The van der Waals surface area contributed by atoms with E-state index >= 15 is 0 Å². The van der Waals surface area contributed by atoms with E-state index in [1.807, 2.05) is 6.20 Å². The molecule has 2 saturated heterocycles. The molecule has 0 aliphatic carbocycles. The molecule has 138 valence electrons. The van der Waals surface area contributed by atoms with E-state index in [9.17, 15) is 0 Å². The topological polar surface area (TPSA) is 61.2 Å². The molecule has 2 aliphatic rings. The van der Waals surface area contributed by atoms with E-state index in [1.54, 1.807) is 0 Å². The van der Waals surface area contributed by atoms with Crippen LogP contribution in [0.3, 0.4) is 0 Å². The highest BCUT2D eigenvalue weighted by atomic mass is 16.7. The van der Waals surface area contributed by atoms with Crippen LogP contribution in [0, 0.1) is 5.92 Å². The van der Waals surface area contributed by atoms with Crippen LogP contribution in [0.2, 0.25) is 0 Å². The second kappa shape index (κ2) is 6.22. The Bertz CT molecular complexity index is 769. The molecule has 2 aromatic rings. The summed E-state index contributed by atoms with van der Waals surface area (Å²) < 4.78 is 12.2. The van der Waals surface area contributed by atoms with Crippen LogP contribution in [0.5, 0.6) is 0 Å². The monoisotopic (exact) mass is 352 g/mol. The lowest BCUT2D eigenvalue weighted by Crippen LogP contribution is -2.41. The van der Waals surface area contributed by atoms with Crippen LogP contribution in [-0.2, 0) is 9.31 Å². The predicted octanol–water partition coefficient (Wildman–Crippen LogP) is 3.83. The highest BCUT2D eigenvalue weighted by molar-refractivity contribution is 6.62. The van der Waals surface area contributed by atoms with Crippen molar-refractivity contribution in [2.45, 2.75) is 58.3 Å². The van der Waals surface area contributed by atoms with E-state index in [-0.39, 0.29) is 24.4 Å². The highest BCUT2D eigenvalue weighted by Gasteiger charge is 2.51. The van der Waals surface area contributed by atoms with Crippen LogP contribution in [0.1, 0.15) is 52.9 Å². The van der Waals surface area contributed by atoms with Gasteiger partial charge in [0.2, 0.25) is 0 Å². The molecule has 6 heteroatoms. The number of aromatic nitrogens is 2. The van der Waals surface area contributed by atoms with Crippen LogP contribution in [0.15, 0.2) is 30.5 Å². The third kappa shape index (κ3) is 3.11. The van der Waals surface area contributed by atoms with Gasteiger partial charge in [0, 0.05) is 0 Å². The molecule has 2 atom stereocenters. The molecule has 1 aromatic heterocycles. The molecular formula is C20H27BN3O2-. The molecule has 4 rings (SSSR count). The van der Waals surface area contributed by atoms with E-state index in [1.165, 1.54) is 0 Å². The zero-order chi connectivity index (χ0) is 18.5. The zero-order valence-corrected chi connectivity index (χ0v) is 16.2. The summed E-state index contributed by atoms with van der Waals surface area (Å²) in [5, 5.41) is 4.66. The third-order valence-corrected chi connectivity index (χ3v) is 5.92. The zero-order valence-electron chi connectivity index (χ0n) is 16.2. The molecule has 0 radical (unpaired) electrons. The minimum Gasteiger partial charge on any atom is -0.653 e. The molecular weight excluding hydrogens is 325 g/mol. The standard InChI is InChI=1S/C20H27BN3O2/c1-13-10-16(22-11-13)18-23-12-17(24-18)14-6-8-15(9-7-14)21-25-19(2,3)20(4,5)26-21/h6-9,12-13,16H,10-11H2,1-5H3,(H,23,24)/q-1/t13-,16-/m0/s1. The maximum atomic E-state index is 6.12. The van der Waals surface area contributed by atoms with E-state index in [4.69, 9.17) is 9.31 Å². The minimum absolute atomic E-state index is 0.211. The van der Waals surface area contributed by atoms with Gasteiger partial charge in [0.15, 0.2) is 0 Å².